The number of nitrogens with one attached hydrogen (secondary N) is 2. The van der Waals surface area contributed by atoms with E-state index >= 15 is 0 Å². The van der Waals surface area contributed by atoms with Crippen molar-refractivity contribution >= 4 is 5.91 Å². The lowest BCUT2D eigenvalue weighted by atomic mass is 10.1. The molecule has 0 heterocycles. The Bertz CT molecular complexity index is 182. The molecule has 0 aromatic heterocycles. The molecule has 14 heavy (non-hydrogen) atoms. The standard InChI is InChI=1S/C11H22N2O/c1-9-3-4-10(7-9)8-13-6-5-11(14)12-2/h9-10,13H,3-8H2,1-2H3,(H,12,14). The third-order valence-corrected chi connectivity index (χ3v) is 3.04. The van der Waals surface area contributed by atoms with Crippen molar-refractivity contribution in [2.45, 2.75) is 32.6 Å². The largest absolute Gasteiger partial charge is 0.359 e. The van der Waals surface area contributed by atoms with Gasteiger partial charge in [0.1, 0.15) is 0 Å². The molecule has 1 aliphatic rings. The maximum atomic E-state index is 10.9. The van der Waals surface area contributed by atoms with Gasteiger partial charge in [0.25, 0.3) is 0 Å². The van der Waals surface area contributed by atoms with Crippen LogP contribution in [0, 0.1) is 11.8 Å². The number of carbonyl (C=O) groups is 1. The summed E-state index contributed by atoms with van der Waals surface area (Å²) in [6.45, 7) is 4.22. The molecule has 1 rings (SSSR count). The minimum absolute atomic E-state index is 0.122. The molecular weight excluding hydrogens is 176 g/mol. The molecule has 0 spiro atoms. The summed E-state index contributed by atoms with van der Waals surface area (Å²) in [5.74, 6) is 1.87. The average Bonchev–Trinajstić information content (AvgIpc) is 2.58. The molecule has 3 heteroatoms. The van der Waals surface area contributed by atoms with Crippen LogP contribution in [0.3, 0.4) is 0 Å². The van der Waals surface area contributed by atoms with Gasteiger partial charge < -0.3 is 10.6 Å². The Morgan fingerprint density at radius 3 is 2.79 bits per heavy atom. The Morgan fingerprint density at radius 2 is 2.21 bits per heavy atom. The summed E-state index contributed by atoms with van der Waals surface area (Å²) in [6.07, 6.45) is 4.68. The van der Waals surface area contributed by atoms with Crippen LogP contribution >= 0.6 is 0 Å². The number of hydrogen-bond donors (Lipinski definition) is 2. The van der Waals surface area contributed by atoms with Gasteiger partial charge in [-0.2, -0.15) is 0 Å². The molecule has 2 unspecified atom stereocenters. The second kappa shape index (κ2) is 6.02. The molecule has 0 aromatic rings. The van der Waals surface area contributed by atoms with Crippen LogP contribution in [0.15, 0.2) is 0 Å². The van der Waals surface area contributed by atoms with Crippen molar-refractivity contribution in [3.8, 4) is 0 Å². The first-order valence-electron chi connectivity index (χ1n) is 5.63. The van der Waals surface area contributed by atoms with Gasteiger partial charge in [-0.3, -0.25) is 4.79 Å². The van der Waals surface area contributed by atoms with E-state index < -0.39 is 0 Å². The molecule has 82 valence electrons. The van der Waals surface area contributed by atoms with Gasteiger partial charge in [-0.15, -0.1) is 0 Å². The van der Waals surface area contributed by atoms with Gasteiger partial charge in [0.05, 0.1) is 0 Å². The second-order valence-electron chi connectivity index (χ2n) is 4.41. The van der Waals surface area contributed by atoms with E-state index in [1.54, 1.807) is 7.05 Å². The zero-order chi connectivity index (χ0) is 10.4. The lowest BCUT2D eigenvalue weighted by molar-refractivity contribution is -0.120. The van der Waals surface area contributed by atoms with E-state index in [4.69, 9.17) is 0 Å². The first-order valence-corrected chi connectivity index (χ1v) is 5.63. The fourth-order valence-electron chi connectivity index (χ4n) is 2.14. The fourth-order valence-corrected chi connectivity index (χ4v) is 2.14. The fraction of sp³-hybridized carbons (Fsp3) is 0.909. The van der Waals surface area contributed by atoms with Gasteiger partial charge in [-0.05, 0) is 31.2 Å². The van der Waals surface area contributed by atoms with E-state index in [0.717, 1.165) is 24.9 Å². The van der Waals surface area contributed by atoms with Crippen molar-refractivity contribution < 1.29 is 4.79 Å². The molecule has 0 bridgehead atoms. The Balaban J connectivity index is 1.96. The quantitative estimate of drug-likeness (QED) is 0.651. The lowest BCUT2D eigenvalue weighted by Gasteiger charge is -2.10. The third-order valence-electron chi connectivity index (χ3n) is 3.04. The monoisotopic (exact) mass is 198 g/mol. The second-order valence-corrected chi connectivity index (χ2v) is 4.41. The Hall–Kier alpha value is -0.570. The van der Waals surface area contributed by atoms with E-state index in [2.05, 4.69) is 17.6 Å². The van der Waals surface area contributed by atoms with E-state index in [0.29, 0.717) is 6.42 Å². The number of amides is 1. The normalized spacial score (nSPS) is 26.4. The smallest absolute Gasteiger partial charge is 0.221 e. The van der Waals surface area contributed by atoms with Crippen LogP contribution in [0.1, 0.15) is 32.6 Å². The molecule has 1 amide bonds. The highest BCUT2D eigenvalue weighted by Gasteiger charge is 2.20. The summed E-state index contributed by atoms with van der Waals surface area (Å²) in [5, 5.41) is 5.97. The van der Waals surface area contributed by atoms with Gasteiger partial charge in [0, 0.05) is 20.0 Å². The van der Waals surface area contributed by atoms with Crippen LogP contribution in [0.4, 0.5) is 0 Å². The lowest BCUT2D eigenvalue weighted by Crippen LogP contribution is -2.27. The zero-order valence-corrected chi connectivity index (χ0v) is 9.31. The van der Waals surface area contributed by atoms with Gasteiger partial charge in [0.15, 0.2) is 0 Å². The summed E-state index contributed by atoms with van der Waals surface area (Å²) >= 11 is 0. The maximum Gasteiger partial charge on any atom is 0.221 e. The zero-order valence-electron chi connectivity index (χ0n) is 9.31. The molecule has 1 fully saturated rings. The highest BCUT2D eigenvalue weighted by molar-refractivity contribution is 5.75. The minimum Gasteiger partial charge on any atom is -0.359 e. The molecule has 3 nitrogen and oxygen atoms in total. The Labute approximate surface area is 86.6 Å². The molecule has 0 radical (unpaired) electrons. The van der Waals surface area contributed by atoms with E-state index in [-0.39, 0.29) is 5.91 Å². The van der Waals surface area contributed by atoms with Crippen LogP contribution in [-0.2, 0) is 4.79 Å². The third kappa shape index (κ3) is 4.09. The van der Waals surface area contributed by atoms with Crippen molar-refractivity contribution in [2.24, 2.45) is 11.8 Å². The first kappa shape index (κ1) is 11.5. The molecule has 0 saturated heterocycles. The SMILES string of the molecule is CNC(=O)CCNCC1CCC(C)C1. The number of carbonyl (C=O) groups excluding carboxylic acids is 1. The minimum atomic E-state index is 0.122. The summed E-state index contributed by atoms with van der Waals surface area (Å²) in [7, 11) is 1.68. The number of rotatable bonds is 5. The molecule has 2 atom stereocenters. The summed E-state index contributed by atoms with van der Waals surface area (Å²) in [4.78, 5) is 10.9. The average molecular weight is 198 g/mol. The van der Waals surface area contributed by atoms with E-state index in [1.165, 1.54) is 19.3 Å². The Kier molecular flexibility index (Phi) is 4.94. The Morgan fingerprint density at radius 1 is 1.43 bits per heavy atom. The highest BCUT2D eigenvalue weighted by Crippen LogP contribution is 2.29. The van der Waals surface area contributed by atoms with Gasteiger partial charge in [-0.25, -0.2) is 0 Å². The van der Waals surface area contributed by atoms with Crippen LogP contribution in [0.25, 0.3) is 0 Å². The van der Waals surface area contributed by atoms with E-state index in [9.17, 15) is 4.79 Å². The highest BCUT2D eigenvalue weighted by atomic mass is 16.1. The van der Waals surface area contributed by atoms with Crippen molar-refractivity contribution in [3.63, 3.8) is 0 Å². The number of hydrogen-bond acceptors (Lipinski definition) is 2. The van der Waals surface area contributed by atoms with Gasteiger partial charge in [0.2, 0.25) is 5.91 Å². The van der Waals surface area contributed by atoms with Crippen molar-refractivity contribution in [1.29, 1.82) is 0 Å². The van der Waals surface area contributed by atoms with Gasteiger partial charge in [-0.1, -0.05) is 13.3 Å². The molecular formula is C11H22N2O. The van der Waals surface area contributed by atoms with Crippen LogP contribution < -0.4 is 10.6 Å². The van der Waals surface area contributed by atoms with Gasteiger partial charge >= 0.3 is 0 Å². The van der Waals surface area contributed by atoms with E-state index in [1.807, 2.05) is 0 Å². The molecule has 2 N–H and O–H groups in total. The van der Waals surface area contributed by atoms with Crippen LogP contribution in [0.2, 0.25) is 0 Å². The summed E-state index contributed by atoms with van der Waals surface area (Å²) < 4.78 is 0. The predicted molar refractivity (Wildman–Crippen MR) is 58.1 cm³/mol. The maximum absolute atomic E-state index is 10.9. The topological polar surface area (TPSA) is 41.1 Å². The summed E-state index contributed by atoms with van der Waals surface area (Å²) in [6, 6.07) is 0. The van der Waals surface area contributed by atoms with Crippen LogP contribution in [-0.4, -0.2) is 26.0 Å². The van der Waals surface area contributed by atoms with Crippen LogP contribution in [0.5, 0.6) is 0 Å². The van der Waals surface area contributed by atoms with Crippen molar-refractivity contribution in [1.82, 2.24) is 10.6 Å². The molecule has 0 aliphatic heterocycles. The summed E-state index contributed by atoms with van der Waals surface area (Å²) in [5.41, 5.74) is 0. The first-order chi connectivity index (χ1) is 6.72. The predicted octanol–water partition coefficient (Wildman–Crippen LogP) is 1.15. The van der Waals surface area contributed by atoms with Crippen molar-refractivity contribution in [3.05, 3.63) is 0 Å². The molecule has 1 aliphatic carbocycles. The molecule has 1 saturated carbocycles. The molecule has 0 aromatic carbocycles. The van der Waals surface area contributed by atoms with Crippen molar-refractivity contribution in [2.75, 3.05) is 20.1 Å².